The minimum Gasteiger partial charge on any atom is -0.311 e. The predicted octanol–water partition coefficient (Wildman–Crippen LogP) is 16.1. The van der Waals surface area contributed by atoms with Gasteiger partial charge < -0.3 is 14.4 Å². The lowest BCUT2D eigenvalue weighted by atomic mass is 9.99. The molecule has 0 amide bonds. The van der Waals surface area contributed by atoms with Crippen molar-refractivity contribution >= 4 is 66.8 Å². The third-order valence-electron chi connectivity index (χ3n) is 12.6. The standard InChI is InChI=1S/C61H42N6/c1-5-15-49(16-6-1)65(50-17-7-2-8-18-50)53-31-23-43(24-32-53)46-29-37-58-56(40-46)57-41-47(44-25-33-54(34-26-44)66(51-19-9-3-10-20-51)52-21-11-4-12-22-52)30-38-59(57)67(58)55-35-27-45(28-36-55)61-60-48(42-63-64-61)14-13-39-62-60/h1-42H. The molecule has 9 aromatic carbocycles. The van der Waals surface area contributed by atoms with Gasteiger partial charge in [-0.2, -0.15) is 5.10 Å². The van der Waals surface area contributed by atoms with Crippen LogP contribution in [0.5, 0.6) is 0 Å². The van der Waals surface area contributed by atoms with Crippen LogP contribution in [0.1, 0.15) is 0 Å². The van der Waals surface area contributed by atoms with Crippen LogP contribution in [0.25, 0.3) is 71.9 Å². The summed E-state index contributed by atoms with van der Waals surface area (Å²) in [5.41, 5.74) is 17.1. The van der Waals surface area contributed by atoms with Crippen LogP contribution < -0.4 is 9.80 Å². The summed E-state index contributed by atoms with van der Waals surface area (Å²) >= 11 is 0. The summed E-state index contributed by atoms with van der Waals surface area (Å²) in [7, 11) is 0. The summed E-state index contributed by atoms with van der Waals surface area (Å²) < 4.78 is 2.37. The van der Waals surface area contributed by atoms with Crippen LogP contribution in [0, 0.1) is 0 Å². The van der Waals surface area contributed by atoms with E-state index in [1.165, 1.54) is 10.8 Å². The Bertz CT molecular complexity index is 3380. The maximum absolute atomic E-state index is 4.65. The van der Waals surface area contributed by atoms with E-state index in [2.05, 4.69) is 260 Å². The zero-order chi connectivity index (χ0) is 44.5. The maximum atomic E-state index is 4.65. The molecule has 12 rings (SSSR count). The molecule has 6 heteroatoms. The molecule has 0 fully saturated rings. The molecule has 0 saturated heterocycles. The zero-order valence-electron chi connectivity index (χ0n) is 36.4. The Labute approximate surface area is 388 Å². The molecule has 67 heavy (non-hydrogen) atoms. The second-order valence-corrected chi connectivity index (χ2v) is 16.6. The van der Waals surface area contributed by atoms with Crippen LogP contribution in [-0.4, -0.2) is 19.7 Å². The topological polar surface area (TPSA) is 50.1 Å². The number of pyridine rings is 1. The number of hydrogen-bond donors (Lipinski definition) is 0. The molecule has 0 saturated carbocycles. The SMILES string of the molecule is c1ccc(N(c2ccccc2)c2ccc(-c3ccc4c(c3)c3cc(-c5ccc(N(c6ccccc6)c6ccccc6)cc5)ccc3n4-c3ccc(-c4nncc5cccnc45)cc3)cc2)cc1. The van der Waals surface area contributed by atoms with E-state index in [1.807, 2.05) is 12.1 Å². The van der Waals surface area contributed by atoms with Gasteiger partial charge in [0.05, 0.1) is 22.7 Å². The highest BCUT2D eigenvalue weighted by Gasteiger charge is 2.18. The first-order valence-electron chi connectivity index (χ1n) is 22.5. The van der Waals surface area contributed by atoms with Crippen LogP contribution in [0.2, 0.25) is 0 Å². The fourth-order valence-corrected chi connectivity index (χ4v) is 9.35. The molecular formula is C61H42N6. The molecule has 3 heterocycles. The Balaban J connectivity index is 0.959. The van der Waals surface area contributed by atoms with E-state index < -0.39 is 0 Å². The minimum atomic E-state index is 0.768. The van der Waals surface area contributed by atoms with Crippen molar-refractivity contribution in [1.29, 1.82) is 0 Å². The highest BCUT2D eigenvalue weighted by atomic mass is 15.1. The van der Waals surface area contributed by atoms with Crippen LogP contribution in [-0.2, 0) is 0 Å². The highest BCUT2D eigenvalue weighted by Crippen LogP contribution is 2.41. The Morgan fingerprint density at radius 3 is 1.19 bits per heavy atom. The number of benzene rings is 9. The van der Waals surface area contributed by atoms with E-state index in [9.17, 15) is 0 Å². The summed E-state index contributed by atoms with van der Waals surface area (Å²) in [6.07, 6.45) is 3.57. The van der Waals surface area contributed by atoms with Crippen molar-refractivity contribution in [3.63, 3.8) is 0 Å². The number of rotatable bonds is 10. The normalized spacial score (nSPS) is 11.3. The van der Waals surface area contributed by atoms with Crippen molar-refractivity contribution in [3.8, 4) is 39.2 Å². The molecule has 0 N–H and O–H groups in total. The van der Waals surface area contributed by atoms with Crippen molar-refractivity contribution in [3.05, 3.63) is 255 Å². The minimum absolute atomic E-state index is 0.768. The molecule has 316 valence electrons. The number of para-hydroxylation sites is 4. The van der Waals surface area contributed by atoms with E-state index >= 15 is 0 Å². The van der Waals surface area contributed by atoms with Crippen LogP contribution in [0.4, 0.5) is 34.1 Å². The molecule has 3 aromatic heterocycles. The second-order valence-electron chi connectivity index (χ2n) is 16.6. The second kappa shape index (κ2) is 17.1. The summed E-state index contributed by atoms with van der Waals surface area (Å²) in [4.78, 5) is 9.24. The van der Waals surface area contributed by atoms with Crippen molar-refractivity contribution in [2.45, 2.75) is 0 Å². The van der Waals surface area contributed by atoms with Gasteiger partial charge in [-0.25, -0.2) is 0 Å². The van der Waals surface area contributed by atoms with E-state index in [1.54, 1.807) is 12.4 Å². The number of fused-ring (bicyclic) bond motifs is 4. The van der Waals surface area contributed by atoms with E-state index in [0.717, 1.165) is 95.3 Å². The lowest BCUT2D eigenvalue weighted by Crippen LogP contribution is -2.09. The molecule has 0 aliphatic rings. The van der Waals surface area contributed by atoms with Crippen molar-refractivity contribution in [2.24, 2.45) is 0 Å². The lowest BCUT2D eigenvalue weighted by molar-refractivity contribution is 1.05. The molecule has 0 bridgehead atoms. The largest absolute Gasteiger partial charge is 0.311 e. The summed E-state index contributed by atoms with van der Waals surface area (Å²) in [5.74, 6) is 0. The average Bonchev–Trinajstić information content (AvgIpc) is 3.73. The Morgan fingerprint density at radius 2 is 0.746 bits per heavy atom. The summed E-state index contributed by atoms with van der Waals surface area (Å²) in [6, 6.07) is 86.2. The Kier molecular flexibility index (Phi) is 10.1. The number of anilines is 6. The fourth-order valence-electron chi connectivity index (χ4n) is 9.35. The van der Waals surface area contributed by atoms with Crippen LogP contribution in [0.3, 0.4) is 0 Å². The van der Waals surface area contributed by atoms with Gasteiger partial charge in [-0.15, -0.1) is 5.10 Å². The molecule has 0 aliphatic heterocycles. The first kappa shape index (κ1) is 39.5. The smallest absolute Gasteiger partial charge is 0.119 e. The Morgan fingerprint density at radius 1 is 0.343 bits per heavy atom. The van der Waals surface area contributed by atoms with Crippen LogP contribution in [0.15, 0.2) is 255 Å². The molecule has 6 nitrogen and oxygen atoms in total. The van der Waals surface area contributed by atoms with Gasteiger partial charge in [0.2, 0.25) is 0 Å². The molecule has 0 atom stereocenters. The quantitative estimate of drug-likeness (QED) is 0.137. The zero-order valence-corrected chi connectivity index (χ0v) is 36.4. The number of nitrogens with zero attached hydrogens (tertiary/aromatic N) is 6. The van der Waals surface area contributed by atoms with Crippen molar-refractivity contribution in [2.75, 3.05) is 9.80 Å². The van der Waals surface area contributed by atoms with Gasteiger partial charge in [-0.05, 0) is 144 Å². The van der Waals surface area contributed by atoms with Gasteiger partial charge in [0.25, 0.3) is 0 Å². The highest BCUT2D eigenvalue weighted by molar-refractivity contribution is 6.12. The molecule has 0 aliphatic carbocycles. The van der Waals surface area contributed by atoms with Gasteiger partial charge in [0, 0.05) is 67.7 Å². The maximum Gasteiger partial charge on any atom is 0.119 e. The summed E-state index contributed by atoms with van der Waals surface area (Å²) in [6.45, 7) is 0. The Hall–Kier alpha value is -9.13. The van der Waals surface area contributed by atoms with E-state index in [4.69, 9.17) is 0 Å². The van der Waals surface area contributed by atoms with Crippen molar-refractivity contribution < 1.29 is 0 Å². The van der Waals surface area contributed by atoms with Gasteiger partial charge in [0.15, 0.2) is 0 Å². The molecule has 0 unspecified atom stereocenters. The van der Waals surface area contributed by atoms with Crippen LogP contribution >= 0.6 is 0 Å². The molecular weight excluding hydrogens is 817 g/mol. The summed E-state index contributed by atoms with van der Waals surface area (Å²) in [5, 5.41) is 12.1. The first-order valence-corrected chi connectivity index (χ1v) is 22.5. The monoisotopic (exact) mass is 858 g/mol. The third-order valence-corrected chi connectivity index (χ3v) is 12.6. The van der Waals surface area contributed by atoms with E-state index in [0.29, 0.717) is 0 Å². The van der Waals surface area contributed by atoms with Gasteiger partial charge in [-0.1, -0.05) is 121 Å². The van der Waals surface area contributed by atoms with Gasteiger partial charge >= 0.3 is 0 Å². The van der Waals surface area contributed by atoms with Crippen molar-refractivity contribution in [1.82, 2.24) is 19.7 Å². The molecule has 0 radical (unpaired) electrons. The fraction of sp³-hybridized carbons (Fsp3) is 0. The third kappa shape index (κ3) is 7.42. The first-order chi connectivity index (χ1) is 33.2. The predicted molar refractivity (Wildman–Crippen MR) is 277 cm³/mol. The lowest BCUT2D eigenvalue weighted by Gasteiger charge is -2.25. The van der Waals surface area contributed by atoms with E-state index in [-0.39, 0.29) is 0 Å². The van der Waals surface area contributed by atoms with Gasteiger partial charge in [0.1, 0.15) is 5.69 Å². The number of aromatic nitrogens is 4. The molecule has 12 aromatic rings. The van der Waals surface area contributed by atoms with Gasteiger partial charge in [-0.3, -0.25) is 4.98 Å². The number of hydrogen-bond acceptors (Lipinski definition) is 5. The average molecular weight is 859 g/mol. The molecule has 0 spiro atoms.